The summed E-state index contributed by atoms with van der Waals surface area (Å²) in [6.07, 6.45) is 3.29. The monoisotopic (exact) mass is 736 g/mol. The van der Waals surface area contributed by atoms with Gasteiger partial charge in [0.15, 0.2) is 5.78 Å². The number of hydrogen-bond acceptors (Lipinski definition) is 5. The van der Waals surface area contributed by atoms with E-state index < -0.39 is 26.6 Å². The summed E-state index contributed by atoms with van der Waals surface area (Å²) in [7, 11) is -2.85. The second-order valence-electron chi connectivity index (χ2n) is 15.6. The molecule has 1 saturated carbocycles. The Hall–Kier alpha value is -4.43. The van der Waals surface area contributed by atoms with Gasteiger partial charge in [-0.3, -0.25) is 4.79 Å². The van der Waals surface area contributed by atoms with E-state index in [2.05, 4.69) is 106 Å². The van der Waals surface area contributed by atoms with Crippen LogP contribution in [-0.2, 0) is 43.3 Å². The van der Waals surface area contributed by atoms with Crippen molar-refractivity contribution in [1.82, 2.24) is 0 Å². The van der Waals surface area contributed by atoms with Crippen LogP contribution >= 0.6 is 0 Å². The number of carbonyl (C=O) groups excluding carboxylic acids is 1. The maximum atomic E-state index is 15.2. The van der Waals surface area contributed by atoms with Crippen LogP contribution in [0.25, 0.3) is 0 Å². The molecule has 278 valence electrons. The van der Waals surface area contributed by atoms with E-state index in [1.807, 2.05) is 78.9 Å². The fraction of sp³-hybridized carbons (Fsp3) is 0.312. The first-order valence-electron chi connectivity index (χ1n) is 19.3. The lowest BCUT2D eigenvalue weighted by molar-refractivity contribution is -0.200. The molecule has 0 saturated heterocycles. The first kappa shape index (κ1) is 37.9. The highest BCUT2D eigenvalue weighted by Crippen LogP contribution is 2.44. The van der Waals surface area contributed by atoms with Crippen molar-refractivity contribution in [2.24, 2.45) is 17.8 Å². The van der Waals surface area contributed by atoms with Crippen LogP contribution in [0, 0.1) is 17.8 Å². The van der Waals surface area contributed by atoms with Gasteiger partial charge >= 0.3 is 0 Å². The minimum atomic E-state index is -2.85. The average molecular weight is 737 g/mol. The lowest BCUT2D eigenvalue weighted by Gasteiger charge is -2.49. The van der Waals surface area contributed by atoms with Gasteiger partial charge in [-0.25, -0.2) is 0 Å². The van der Waals surface area contributed by atoms with Crippen LogP contribution in [0.5, 0.6) is 0 Å². The molecule has 5 aromatic carbocycles. The summed E-state index contributed by atoms with van der Waals surface area (Å²) < 4.78 is 27.9. The first-order chi connectivity index (χ1) is 26.3. The summed E-state index contributed by atoms with van der Waals surface area (Å²) in [5, 5.41) is 2.27. The van der Waals surface area contributed by atoms with Crippen LogP contribution < -0.4 is 10.4 Å². The van der Waals surface area contributed by atoms with Gasteiger partial charge in [-0.15, -0.1) is 0 Å². The number of fused-ring (bicyclic) bond motifs is 1. The summed E-state index contributed by atoms with van der Waals surface area (Å²) >= 11 is 0. The molecule has 0 radical (unpaired) electrons. The molecule has 2 aliphatic rings. The number of Topliss-reactive ketones (excluding diaryl/α,β-unsaturated/α-hetero) is 1. The maximum absolute atomic E-state index is 15.2. The Kier molecular flexibility index (Phi) is 12.2. The Balaban J connectivity index is 1.25. The van der Waals surface area contributed by atoms with E-state index in [1.165, 1.54) is 10.4 Å². The van der Waals surface area contributed by atoms with E-state index in [4.69, 9.17) is 18.6 Å². The van der Waals surface area contributed by atoms with Gasteiger partial charge in [-0.2, -0.15) is 0 Å². The van der Waals surface area contributed by atoms with Crippen molar-refractivity contribution in [3.63, 3.8) is 0 Å². The van der Waals surface area contributed by atoms with E-state index in [1.54, 1.807) is 0 Å². The Bertz CT molecular complexity index is 1890. The van der Waals surface area contributed by atoms with Crippen molar-refractivity contribution < 1.29 is 23.4 Å². The largest absolute Gasteiger partial charge is 0.407 e. The number of carbonyl (C=O) groups is 1. The fourth-order valence-electron chi connectivity index (χ4n) is 8.49. The average Bonchev–Trinajstić information content (AvgIpc) is 3.21. The van der Waals surface area contributed by atoms with E-state index in [9.17, 15) is 0 Å². The molecule has 1 fully saturated rings. The zero-order valence-electron chi connectivity index (χ0n) is 31.6. The van der Waals surface area contributed by atoms with Gasteiger partial charge in [0.25, 0.3) is 8.32 Å². The van der Waals surface area contributed by atoms with Crippen molar-refractivity contribution in [1.29, 1.82) is 0 Å². The summed E-state index contributed by atoms with van der Waals surface area (Å²) in [5.74, 6) is -0.588. The smallest absolute Gasteiger partial charge is 0.261 e. The summed E-state index contributed by atoms with van der Waals surface area (Å²) in [5.41, 5.74) is 3.11. The third-order valence-corrected chi connectivity index (χ3v) is 16.1. The van der Waals surface area contributed by atoms with E-state index in [-0.39, 0.29) is 28.6 Å². The van der Waals surface area contributed by atoms with Crippen LogP contribution in [0.2, 0.25) is 5.04 Å². The molecule has 0 bridgehead atoms. The molecule has 6 heteroatoms. The predicted molar refractivity (Wildman–Crippen MR) is 218 cm³/mol. The quantitative estimate of drug-likeness (QED) is 0.0844. The van der Waals surface area contributed by atoms with Crippen molar-refractivity contribution in [3.8, 4) is 0 Å². The highest BCUT2D eigenvalue weighted by Gasteiger charge is 2.56. The van der Waals surface area contributed by atoms with Gasteiger partial charge in [-0.05, 0) is 44.4 Å². The molecule has 6 atom stereocenters. The number of allylic oxidation sites excluding steroid dienone is 1. The van der Waals surface area contributed by atoms with Gasteiger partial charge in [0.1, 0.15) is 12.2 Å². The molecule has 5 nitrogen and oxygen atoms in total. The Morgan fingerprint density at radius 3 is 1.46 bits per heavy atom. The molecule has 54 heavy (non-hydrogen) atoms. The predicted octanol–water partition coefficient (Wildman–Crippen LogP) is 8.71. The first-order valence-corrected chi connectivity index (χ1v) is 21.2. The standard InChI is InChI=1S/C48H52O5Si/c1-48(2,3)54(40-27-15-7-16-28-40,41-29-17-8-18-30-41)53-35-39-26-19-31-42-43(39)44(49)46(51-33-37-22-11-5-12-23-37)47(52-34-38-24-13-6-14-25-38)45(42)50-32-36-20-9-4-10-21-36/h4-25,27-31,39,42-43,45-47H,26,32-35H2,1-3H3/t39-,42+,43-,45+,46+,47-/m0/s1. The molecule has 0 N–H and O–H groups in total. The molecular formula is C48H52O5Si. The van der Waals surface area contributed by atoms with Gasteiger partial charge in [0.05, 0.1) is 25.9 Å². The lowest BCUT2D eigenvalue weighted by Crippen LogP contribution is -2.67. The zero-order valence-corrected chi connectivity index (χ0v) is 32.6. The topological polar surface area (TPSA) is 54.0 Å². The highest BCUT2D eigenvalue weighted by molar-refractivity contribution is 6.99. The molecule has 0 aromatic heterocycles. The number of ether oxygens (including phenoxy) is 3. The Labute approximate surface area is 322 Å². The zero-order chi connectivity index (χ0) is 37.4. The van der Waals surface area contributed by atoms with Crippen LogP contribution in [0.4, 0.5) is 0 Å². The molecule has 2 aliphatic carbocycles. The molecule has 5 aromatic rings. The normalized spacial score (nSPS) is 22.8. The van der Waals surface area contributed by atoms with Crippen LogP contribution in [0.3, 0.4) is 0 Å². The van der Waals surface area contributed by atoms with Gasteiger partial charge in [-0.1, -0.05) is 185 Å². The second kappa shape index (κ2) is 17.4. The van der Waals surface area contributed by atoms with Crippen molar-refractivity contribution >= 4 is 24.5 Å². The van der Waals surface area contributed by atoms with Crippen molar-refractivity contribution in [3.05, 3.63) is 181 Å². The summed E-state index contributed by atoms with van der Waals surface area (Å²) in [4.78, 5) is 15.2. The van der Waals surface area contributed by atoms with E-state index in [0.29, 0.717) is 26.4 Å². The second-order valence-corrected chi connectivity index (χ2v) is 19.9. The number of rotatable bonds is 14. The number of ketones is 1. The third kappa shape index (κ3) is 8.29. The van der Waals surface area contributed by atoms with Crippen molar-refractivity contribution in [2.45, 2.75) is 70.4 Å². The maximum Gasteiger partial charge on any atom is 0.261 e. The Morgan fingerprint density at radius 1 is 0.574 bits per heavy atom. The van der Waals surface area contributed by atoms with Gasteiger partial charge in [0, 0.05) is 18.4 Å². The molecule has 7 rings (SSSR count). The van der Waals surface area contributed by atoms with Gasteiger partial charge in [0.2, 0.25) is 0 Å². The molecular weight excluding hydrogens is 685 g/mol. The number of hydrogen-bond donors (Lipinski definition) is 0. The van der Waals surface area contributed by atoms with Crippen LogP contribution in [-0.4, -0.2) is 39.0 Å². The Morgan fingerprint density at radius 2 is 1.00 bits per heavy atom. The highest BCUT2D eigenvalue weighted by atomic mass is 28.4. The minimum absolute atomic E-state index is 0.0638. The number of benzene rings is 5. The lowest BCUT2D eigenvalue weighted by atomic mass is 9.64. The molecule has 0 heterocycles. The van der Waals surface area contributed by atoms with Crippen LogP contribution in [0.15, 0.2) is 164 Å². The third-order valence-electron chi connectivity index (χ3n) is 11.1. The van der Waals surface area contributed by atoms with E-state index in [0.717, 1.165) is 23.1 Å². The molecule has 0 spiro atoms. The summed E-state index contributed by atoms with van der Waals surface area (Å²) in [6.45, 7) is 8.37. The fourth-order valence-corrected chi connectivity index (χ4v) is 13.1. The summed E-state index contributed by atoms with van der Waals surface area (Å²) in [6, 6.07) is 51.8. The molecule has 0 unspecified atom stereocenters. The van der Waals surface area contributed by atoms with Crippen LogP contribution in [0.1, 0.15) is 43.9 Å². The van der Waals surface area contributed by atoms with Gasteiger partial charge < -0.3 is 18.6 Å². The van der Waals surface area contributed by atoms with Crippen molar-refractivity contribution in [2.75, 3.05) is 6.61 Å². The molecule has 0 aliphatic heterocycles. The SMILES string of the molecule is CC(C)(C)[Si](OC[C@@H]1CC=C[C@H]2[C@@H](OCc3ccccc3)[C@H](OCc3ccccc3)[C@H](OCc3ccccc3)C(=O)[C@@H]12)(c1ccccc1)c1ccccc1. The van der Waals surface area contributed by atoms with E-state index >= 15 is 4.79 Å². The molecule has 0 amide bonds. The minimum Gasteiger partial charge on any atom is -0.407 e.